The van der Waals surface area contributed by atoms with Crippen LogP contribution in [0.25, 0.3) is 17.0 Å². The third kappa shape index (κ3) is 4.35. The lowest BCUT2D eigenvalue weighted by Crippen LogP contribution is -2.37. The van der Waals surface area contributed by atoms with Crippen LogP contribution in [-0.2, 0) is 17.8 Å². The fourth-order valence-electron chi connectivity index (χ4n) is 3.95. The Balaban J connectivity index is 1.51. The number of ether oxygens (including phenoxy) is 1. The maximum Gasteiger partial charge on any atom is 0.410 e. The molecular formula is C24H25NO4. The first kappa shape index (κ1) is 19.3. The number of fused-ring (bicyclic) bond motifs is 1. The Bertz CT molecular complexity index is 993. The first-order valence-electron chi connectivity index (χ1n) is 10.0. The lowest BCUT2D eigenvalue weighted by molar-refractivity contribution is 0.0921. The number of aliphatic hydroxyl groups is 1. The molecule has 0 aliphatic carbocycles. The molecule has 0 saturated carbocycles. The van der Waals surface area contributed by atoms with E-state index in [1.54, 1.807) is 6.08 Å². The number of amides is 1. The Hall–Kier alpha value is -3.05. The van der Waals surface area contributed by atoms with Crippen molar-refractivity contribution in [2.24, 2.45) is 0 Å². The van der Waals surface area contributed by atoms with Crippen molar-refractivity contribution in [1.82, 2.24) is 4.90 Å². The van der Waals surface area contributed by atoms with Gasteiger partial charge >= 0.3 is 6.09 Å². The number of hydrogen-bond acceptors (Lipinski definition) is 4. The summed E-state index contributed by atoms with van der Waals surface area (Å²) in [6, 6.07) is 17.7. The molecule has 1 fully saturated rings. The highest BCUT2D eigenvalue weighted by Crippen LogP contribution is 2.31. The Morgan fingerprint density at radius 3 is 2.79 bits per heavy atom. The predicted molar refractivity (Wildman–Crippen MR) is 112 cm³/mol. The number of nitrogens with zero attached hydrogens (tertiary/aromatic N) is 1. The van der Waals surface area contributed by atoms with Crippen LogP contribution in [0.3, 0.4) is 0 Å². The topological polar surface area (TPSA) is 62.9 Å². The summed E-state index contributed by atoms with van der Waals surface area (Å²) in [5.41, 5.74) is 2.86. The van der Waals surface area contributed by atoms with Gasteiger partial charge in [0.1, 0.15) is 18.0 Å². The van der Waals surface area contributed by atoms with Crippen molar-refractivity contribution in [3.05, 3.63) is 77.6 Å². The van der Waals surface area contributed by atoms with Gasteiger partial charge in [-0.05, 0) is 37.0 Å². The molecule has 3 aromatic rings. The minimum absolute atomic E-state index is 0.0438. The molecular weight excluding hydrogens is 366 g/mol. The van der Waals surface area contributed by atoms with Crippen molar-refractivity contribution in [3.63, 3.8) is 0 Å². The third-order valence-electron chi connectivity index (χ3n) is 5.36. The number of likely N-dealkylation sites (tertiary alicyclic amines) is 1. The van der Waals surface area contributed by atoms with Crippen LogP contribution in [0.5, 0.6) is 0 Å². The molecule has 1 amide bonds. The van der Waals surface area contributed by atoms with Crippen LogP contribution in [0.2, 0.25) is 0 Å². The maximum absolute atomic E-state index is 12.7. The summed E-state index contributed by atoms with van der Waals surface area (Å²) >= 11 is 0. The quantitative estimate of drug-likeness (QED) is 0.657. The van der Waals surface area contributed by atoms with E-state index in [0.717, 1.165) is 40.7 Å². The molecule has 150 valence electrons. The zero-order chi connectivity index (χ0) is 20.1. The van der Waals surface area contributed by atoms with Crippen molar-refractivity contribution in [1.29, 1.82) is 0 Å². The molecule has 2 aromatic carbocycles. The fourth-order valence-corrected chi connectivity index (χ4v) is 3.95. The van der Waals surface area contributed by atoms with E-state index in [9.17, 15) is 4.79 Å². The van der Waals surface area contributed by atoms with Crippen molar-refractivity contribution in [2.45, 2.75) is 31.9 Å². The summed E-state index contributed by atoms with van der Waals surface area (Å²) in [4.78, 5) is 14.5. The van der Waals surface area contributed by atoms with Gasteiger partial charge in [-0.15, -0.1) is 0 Å². The van der Waals surface area contributed by atoms with Crippen molar-refractivity contribution in [2.75, 3.05) is 13.2 Å². The number of hydrogen-bond donors (Lipinski definition) is 1. The SMILES string of the molecule is O=C(OCc1ccccc1)N1CCCC1Cc1c(C=CCO)oc2ccccc12. The standard InChI is InChI=1S/C24H25NO4/c26-15-7-13-23-21(20-11-4-5-12-22(20)29-23)16-19-10-6-14-25(19)24(27)28-17-18-8-2-1-3-9-18/h1-5,7-9,11-13,19,26H,6,10,14-17H2. The zero-order valence-corrected chi connectivity index (χ0v) is 16.3. The van der Waals surface area contributed by atoms with Gasteiger partial charge < -0.3 is 19.2 Å². The van der Waals surface area contributed by atoms with E-state index in [2.05, 4.69) is 0 Å². The maximum atomic E-state index is 12.7. The number of carbonyl (C=O) groups is 1. The molecule has 4 rings (SSSR count). The van der Waals surface area contributed by atoms with Crippen LogP contribution < -0.4 is 0 Å². The molecule has 1 aliphatic rings. The lowest BCUT2D eigenvalue weighted by atomic mass is 10.0. The second-order valence-electron chi connectivity index (χ2n) is 7.26. The van der Waals surface area contributed by atoms with Crippen LogP contribution in [0.4, 0.5) is 4.79 Å². The Kier molecular flexibility index (Phi) is 5.96. The van der Waals surface area contributed by atoms with E-state index in [1.165, 1.54) is 0 Å². The smallest absolute Gasteiger partial charge is 0.410 e. The molecule has 1 aromatic heterocycles. The third-order valence-corrected chi connectivity index (χ3v) is 5.36. The number of furan rings is 1. The van der Waals surface area contributed by atoms with Crippen LogP contribution in [-0.4, -0.2) is 35.3 Å². The van der Waals surface area contributed by atoms with Crippen molar-refractivity contribution < 1.29 is 19.1 Å². The Morgan fingerprint density at radius 1 is 1.17 bits per heavy atom. The molecule has 1 atom stereocenters. The fraction of sp³-hybridized carbons (Fsp3) is 0.292. The second kappa shape index (κ2) is 8.97. The van der Waals surface area contributed by atoms with Gasteiger partial charge in [0.2, 0.25) is 0 Å². The minimum Gasteiger partial charge on any atom is -0.456 e. The molecule has 0 bridgehead atoms. The van der Waals surface area contributed by atoms with Gasteiger partial charge in [0.25, 0.3) is 0 Å². The predicted octanol–water partition coefficient (Wildman–Crippen LogP) is 4.78. The van der Waals surface area contributed by atoms with Crippen LogP contribution in [0.1, 0.15) is 29.7 Å². The number of aliphatic hydroxyl groups excluding tert-OH is 1. The van der Waals surface area contributed by atoms with Crippen LogP contribution in [0, 0.1) is 0 Å². The first-order chi connectivity index (χ1) is 14.3. The van der Waals surface area contributed by atoms with Gasteiger partial charge in [0, 0.05) is 23.5 Å². The summed E-state index contributed by atoms with van der Waals surface area (Å²) in [5.74, 6) is 0.741. The van der Waals surface area contributed by atoms with Crippen molar-refractivity contribution >= 4 is 23.1 Å². The van der Waals surface area contributed by atoms with E-state index >= 15 is 0 Å². The van der Waals surface area contributed by atoms with Gasteiger partial charge in [0.05, 0.1) is 6.61 Å². The van der Waals surface area contributed by atoms with Gasteiger partial charge in [-0.3, -0.25) is 0 Å². The molecule has 1 unspecified atom stereocenters. The van der Waals surface area contributed by atoms with Crippen LogP contribution >= 0.6 is 0 Å². The van der Waals surface area contributed by atoms with Gasteiger partial charge in [-0.1, -0.05) is 54.6 Å². The highest BCUT2D eigenvalue weighted by molar-refractivity contribution is 5.84. The normalized spacial score (nSPS) is 16.7. The van der Waals surface area contributed by atoms with Gasteiger partial charge in [0.15, 0.2) is 0 Å². The number of para-hydroxylation sites is 1. The molecule has 1 N–H and O–H groups in total. The Morgan fingerprint density at radius 2 is 1.97 bits per heavy atom. The van der Waals surface area contributed by atoms with E-state index < -0.39 is 0 Å². The second-order valence-corrected chi connectivity index (χ2v) is 7.26. The molecule has 1 aliphatic heterocycles. The Labute approximate surface area is 170 Å². The van der Waals surface area contributed by atoms with E-state index in [-0.39, 0.29) is 25.3 Å². The molecule has 29 heavy (non-hydrogen) atoms. The number of rotatable bonds is 6. The molecule has 1 saturated heterocycles. The van der Waals surface area contributed by atoms with E-state index in [0.29, 0.717) is 13.0 Å². The van der Waals surface area contributed by atoms with Gasteiger partial charge in [-0.2, -0.15) is 0 Å². The minimum atomic E-state index is -0.267. The molecule has 0 spiro atoms. The summed E-state index contributed by atoms with van der Waals surface area (Å²) in [6.45, 7) is 0.940. The highest BCUT2D eigenvalue weighted by Gasteiger charge is 2.31. The number of benzene rings is 2. The van der Waals surface area contributed by atoms with E-state index in [4.69, 9.17) is 14.3 Å². The average molecular weight is 391 g/mol. The molecule has 2 heterocycles. The van der Waals surface area contributed by atoms with Crippen LogP contribution in [0.15, 0.2) is 65.1 Å². The zero-order valence-electron chi connectivity index (χ0n) is 16.3. The lowest BCUT2D eigenvalue weighted by Gasteiger charge is -2.24. The summed E-state index contributed by atoms with van der Waals surface area (Å²) in [7, 11) is 0. The number of carbonyl (C=O) groups excluding carboxylic acids is 1. The monoisotopic (exact) mass is 391 g/mol. The first-order valence-corrected chi connectivity index (χ1v) is 10.0. The highest BCUT2D eigenvalue weighted by atomic mass is 16.6. The molecule has 0 radical (unpaired) electrons. The van der Waals surface area contributed by atoms with Crippen molar-refractivity contribution in [3.8, 4) is 0 Å². The van der Waals surface area contributed by atoms with Gasteiger partial charge in [-0.25, -0.2) is 4.79 Å². The summed E-state index contributed by atoms with van der Waals surface area (Å²) < 4.78 is 11.5. The molecule has 5 heteroatoms. The summed E-state index contributed by atoms with van der Waals surface area (Å²) in [5, 5.41) is 10.2. The summed E-state index contributed by atoms with van der Waals surface area (Å²) in [6.07, 6.45) is 5.80. The van der Waals surface area contributed by atoms with E-state index in [1.807, 2.05) is 65.6 Å². The average Bonchev–Trinajstić information content (AvgIpc) is 3.36. The largest absolute Gasteiger partial charge is 0.456 e. The molecule has 5 nitrogen and oxygen atoms in total.